The average Bonchev–Trinajstić information content (AvgIpc) is 2.40. The smallest absolute Gasteiger partial charge is 0.294 e. The summed E-state index contributed by atoms with van der Waals surface area (Å²) in [6, 6.07) is 9.60. The van der Waals surface area contributed by atoms with Crippen molar-refractivity contribution in [3.05, 3.63) is 58.1 Å². The van der Waals surface area contributed by atoms with E-state index < -0.39 is 16.0 Å². The summed E-state index contributed by atoms with van der Waals surface area (Å²) >= 11 is 11.6. The Labute approximate surface area is 131 Å². The third-order valence-electron chi connectivity index (χ3n) is 2.59. The van der Waals surface area contributed by atoms with Crippen LogP contribution in [0.5, 0.6) is 0 Å². The summed E-state index contributed by atoms with van der Waals surface area (Å²) in [7, 11) is -4.38. The number of benzene rings is 2. The fourth-order valence-electron chi connectivity index (χ4n) is 1.56. The molecule has 21 heavy (non-hydrogen) atoms. The highest BCUT2D eigenvalue weighted by Crippen LogP contribution is 2.25. The Morgan fingerprint density at radius 1 is 1.05 bits per heavy atom. The SMILES string of the molecule is O=C(Nc1cc(S(=O)(=O)O)ccc1Cl)c1ccc(Cl)cc1. The number of hydrogen-bond donors (Lipinski definition) is 2. The lowest BCUT2D eigenvalue weighted by molar-refractivity contribution is 0.102. The second-order valence-electron chi connectivity index (χ2n) is 4.08. The lowest BCUT2D eigenvalue weighted by Crippen LogP contribution is -2.12. The highest BCUT2D eigenvalue weighted by molar-refractivity contribution is 7.85. The topological polar surface area (TPSA) is 83.5 Å². The van der Waals surface area contributed by atoms with Gasteiger partial charge in [0.1, 0.15) is 0 Å². The first-order chi connectivity index (χ1) is 9.77. The van der Waals surface area contributed by atoms with Gasteiger partial charge >= 0.3 is 0 Å². The van der Waals surface area contributed by atoms with Crippen LogP contribution in [0.2, 0.25) is 10.0 Å². The molecule has 1 amide bonds. The summed E-state index contributed by atoms with van der Waals surface area (Å²) in [6.45, 7) is 0. The lowest BCUT2D eigenvalue weighted by atomic mass is 10.2. The first kappa shape index (κ1) is 15.8. The molecule has 0 atom stereocenters. The highest BCUT2D eigenvalue weighted by atomic mass is 35.5. The van der Waals surface area contributed by atoms with Crippen molar-refractivity contribution in [2.75, 3.05) is 5.32 Å². The molecule has 2 aromatic rings. The summed E-state index contributed by atoms with van der Waals surface area (Å²) in [5, 5.41) is 3.10. The first-order valence-corrected chi connectivity index (χ1v) is 7.81. The number of carbonyl (C=O) groups is 1. The van der Waals surface area contributed by atoms with Gasteiger partial charge < -0.3 is 5.32 Å². The van der Waals surface area contributed by atoms with Crippen LogP contribution >= 0.6 is 23.2 Å². The molecule has 2 aromatic carbocycles. The zero-order valence-corrected chi connectivity index (χ0v) is 12.7. The molecule has 110 valence electrons. The van der Waals surface area contributed by atoms with Crippen LogP contribution in [0.1, 0.15) is 10.4 Å². The van der Waals surface area contributed by atoms with Crippen LogP contribution in [0.4, 0.5) is 5.69 Å². The normalized spacial score (nSPS) is 11.2. The quantitative estimate of drug-likeness (QED) is 0.834. The molecule has 2 N–H and O–H groups in total. The Morgan fingerprint density at radius 3 is 2.24 bits per heavy atom. The maximum absolute atomic E-state index is 12.0. The van der Waals surface area contributed by atoms with E-state index in [0.717, 1.165) is 12.1 Å². The molecule has 0 spiro atoms. The standard InChI is InChI=1S/C13H9Cl2NO4S/c14-9-3-1-8(2-4-9)13(17)16-12-7-10(21(18,19)20)5-6-11(12)15/h1-7H,(H,16,17)(H,18,19,20). The molecule has 0 aliphatic heterocycles. The van der Waals surface area contributed by atoms with E-state index in [4.69, 9.17) is 27.8 Å². The minimum absolute atomic E-state index is 0.0757. The van der Waals surface area contributed by atoms with Gasteiger partial charge in [-0.2, -0.15) is 8.42 Å². The van der Waals surface area contributed by atoms with Crippen LogP contribution in [0.15, 0.2) is 47.4 Å². The summed E-state index contributed by atoms with van der Waals surface area (Å²) in [6.07, 6.45) is 0. The monoisotopic (exact) mass is 345 g/mol. The molecule has 0 unspecified atom stereocenters. The Hall–Kier alpha value is -1.60. The van der Waals surface area contributed by atoms with Crippen LogP contribution in [0.3, 0.4) is 0 Å². The molecule has 0 fully saturated rings. The van der Waals surface area contributed by atoms with E-state index in [2.05, 4.69) is 5.32 Å². The molecule has 0 saturated carbocycles. The largest absolute Gasteiger partial charge is 0.321 e. The molecule has 5 nitrogen and oxygen atoms in total. The van der Waals surface area contributed by atoms with Crippen molar-refractivity contribution in [3.8, 4) is 0 Å². The summed E-state index contributed by atoms with van der Waals surface area (Å²) in [4.78, 5) is 11.7. The van der Waals surface area contributed by atoms with Crippen molar-refractivity contribution in [1.82, 2.24) is 0 Å². The third-order valence-corrected chi connectivity index (χ3v) is 4.02. The van der Waals surface area contributed by atoms with Crippen molar-refractivity contribution in [1.29, 1.82) is 0 Å². The second-order valence-corrected chi connectivity index (χ2v) is 6.34. The van der Waals surface area contributed by atoms with Gasteiger partial charge in [-0.05, 0) is 42.5 Å². The first-order valence-electron chi connectivity index (χ1n) is 5.61. The predicted octanol–water partition coefficient (Wildman–Crippen LogP) is 3.49. The molecule has 0 radical (unpaired) electrons. The summed E-state index contributed by atoms with van der Waals surface area (Å²) < 4.78 is 31.1. The van der Waals surface area contributed by atoms with Gasteiger partial charge in [0.2, 0.25) is 0 Å². The van der Waals surface area contributed by atoms with Crippen LogP contribution in [-0.4, -0.2) is 18.9 Å². The zero-order valence-electron chi connectivity index (χ0n) is 10.4. The minimum atomic E-state index is -4.38. The number of carbonyl (C=O) groups excluding carboxylic acids is 1. The van der Waals surface area contributed by atoms with Crippen LogP contribution in [0, 0.1) is 0 Å². The van der Waals surface area contributed by atoms with E-state index in [-0.39, 0.29) is 15.6 Å². The molecular weight excluding hydrogens is 337 g/mol. The van der Waals surface area contributed by atoms with Crippen molar-refractivity contribution in [2.24, 2.45) is 0 Å². The Morgan fingerprint density at radius 2 is 1.67 bits per heavy atom. The molecule has 0 aromatic heterocycles. The van der Waals surface area contributed by atoms with E-state index in [0.29, 0.717) is 10.6 Å². The van der Waals surface area contributed by atoms with Gasteiger partial charge in [0, 0.05) is 10.6 Å². The van der Waals surface area contributed by atoms with Gasteiger partial charge in [-0.25, -0.2) is 0 Å². The Bertz CT molecular complexity index is 788. The summed E-state index contributed by atoms with van der Waals surface area (Å²) in [5.41, 5.74) is 0.402. The Kier molecular flexibility index (Phi) is 4.53. The van der Waals surface area contributed by atoms with Gasteiger partial charge in [0.25, 0.3) is 16.0 Å². The van der Waals surface area contributed by atoms with Gasteiger partial charge in [-0.3, -0.25) is 9.35 Å². The fraction of sp³-hybridized carbons (Fsp3) is 0. The number of amides is 1. The van der Waals surface area contributed by atoms with Crippen LogP contribution < -0.4 is 5.32 Å². The van der Waals surface area contributed by atoms with Gasteiger partial charge in [0.05, 0.1) is 15.6 Å². The van der Waals surface area contributed by atoms with Crippen molar-refractivity contribution < 1.29 is 17.8 Å². The highest BCUT2D eigenvalue weighted by Gasteiger charge is 2.14. The van der Waals surface area contributed by atoms with E-state index in [9.17, 15) is 13.2 Å². The molecule has 0 bridgehead atoms. The molecule has 2 rings (SSSR count). The fourth-order valence-corrected chi connectivity index (χ4v) is 2.35. The zero-order chi connectivity index (χ0) is 15.6. The van der Waals surface area contributed by atoms with Gasteiger partial charge in [-0.15, -0.1) is 0 Å². The number of anilines is 1. The predicted molar refractivity (Wildman–Crippen MR) is 80.7 cm³/mol. The van der Waals surface area contributed by atoms with Crippen molar-refractivity contribution >= 4 is 44.9 Å². The molecular formula is C13H9Cl2NO4S. The molecule has 0 aliphatic rings. The van der Waals surface area contributed by atoms with E-state index in [1.807, 2.05) is 0 Å². The lowest BCUT2D eigenvalue weighted by Gasteiger charge is -2.08. The molecule has 8 heteroatoms. The van der Waals surface area contributed by atoms with Crippen molar-refractivity contribution in [3.63, 3.8) is 0 Å². The van der Waals surface area contributed by atoms with Crippen LogP contribution in [-0.2, 0) is 10.1 Å². The average molecular weight is 346 g/mol. The molecule has 0 saturated heterocycles. The summed E-state index contributed by atoms with van der Waals surface area (Å²) in [5.74, 6) is -0.485. The van der Waals surface area contributed by atoms with E-state index >= 15 is 0 Å². The van der Waals surface area contributed by atoms with E-state index in [1.54, 1.807) is 12.1 Å². The number of rotatable bonds is 3. The minimum Gasteiger partial charge on any atom is -0.321 e. The number of hydrogen-bond acceptors (Lipinski definition) is 3. The van der Waals surface area contributed by atoms with Crippen LogP contribution in [0.25, 0.3) is 0 Å². The molecule has 0 aliphatic carbocycles. The third kappa shape index (κ3) is 3.95. The number of nitrogens with one attached hydrogen (secondary N) is 1. The number of halogens is 2. The Balaban J connectivity index is 2.31. The molecule has 0 heterocycles. The second kappa shape index (κ2) is 6.03. The maximum atomic E-state index is 12.0. The van der Waals surface area contributed by atoms with E-state index in [1.165, 1.54) is 18.2 Å². The van der Waals surface area contributed by atoms with Crippen molar-refractivity contribution in [2.45, 2.75) is 4.90 Å². The van der Waals surface area contributed by atoms with Gasteiger partial charge in [0.15, 0.2) is 0 Å². The maximum Gasteiger partial charge on any atom is 0.294 e. The van der Waals surface area contributed by atoms with Gasteiger partial charge in [-0.1, -0.05) is 23.2 Å².